The molecule has 0 unspecified atom stereocenters. The van der Waals surface area contributed by atoms with E-state index in [1.807, 2.05) is 6.92 Å². The van der Waals surface area contributed by atoms with Gasteiger partial charge >= 0.3 is 0 Å². The van der Waals surface area contributed by atoms with E-state index in [0.29, 0.717) is 6.42 Å². The van der Waals surface area contributed by atoms with Crippen LogP contribution in [0.4, 0.5) is 4.39 Å². The predicted octanol–water partition coefficient (Wildman–Crippen LogP) is 2.58. The standard InChI is InChI=1S/C10H13FO2/c1-2-3-4-7-8(11)5-6-9(12)10(7)13/h5-6,12-13H,2-4H2,1H3. The van der Waals surface area contributed by atoms with Crippen molar-refractivity contribution in [3.05, 3.63) is 23.5 Å². The van der Waals surface area contributed by atoms with Gasteiger partial charge in [0.05, 0.1) is 0 Å². The fourth-order valence-corrected chi connectivity index (χ4v) is 1.19. The van der Waals surface area contributed by atoms with E-state index < -0.39 is 5.82 Å². The minimum absolute atomic E-state index is 0.210. The normalized spacial score (nSPS) is 10.3. The number of hydrogen-bond donors (Lipinski definition) is 2. The lowest BCUT2D eigenvalue weighted by atomic mass is 10.1. The highest BCUT2D eigenvalue weighted by Crippen LogP contribution is 2.31. The zero-order chi connectivity index (χ0) is 9.84. The van der Waals surface area contributed by atoms with Crippen LogP contribution < -0.4 is 0 Å². The third kappa shape index (κ3) is 2.11. The maximum absolute atomic E-state index is 13.1. The third-order valence-electron chi connectivity index (χ3n) is 1.98. The van der Waals surface area contributed by atoms with Gasteiger partial charge in [0.1, 0.15) is 5.82 Å². The smallest absolute Gasteiger partial charge is 0.163 e. The molecule has 0 amide bonds. The highest BCUT2D eigenvalue weighted by molar-refractivity contribution is 5.45. The van der Waals surface area contributed by atoms with Crippen molar-refractivity contribution in [1.29, 1.82) is 0 Å². The van der Waals surface area contributed by atoms with Crippen LogP contribution in [0.5, 0.6) is 11.5 Å². The van der Waals surface area contributed by atoms with Crippen LogP contribution in [0.25, 0.3) is 0 Å². The van der Waals surface area contributed by atoms with E-state index in [0.717, 1.165) is 18.9 Å². The van der Waals surface area contributed by atoms with Crippen LogP contribution in [0.15, 0.2) is 12.1 Å². The van der Waals surface area contributed by atoms with Gasteiger partial charge in [0.15, 0.2) is 11.5 Å². The second kappa shape index (κ2) is 4.12. The summed E-state index contributed by atoms with van der Waals surface area (Å²) >= 11 is 0. The van der Waals surface area contributed by atoms with E-state index in [1.54, 1.807) is 0 Å². The van der Waals surface area contributed by atoms with Gasteiger partial charge in [-0.2, -0.15) is 0 Å². The van der Waals surface area contributed by atoms with Gasteiger partial charge in [-0.15, -0.1) is 0 Å². The number of aromatic hydroxyl groups is 2. The topological polar surface area (TPSA) is 40.5 Å². The molecular formula is C10H13FO2. The molecule has 0 saturated carbocycles. The Hall–Kier alpha value is -1.25. The average molecular weight is 184 g/mol. The van der Waals surface area contributed by atoms with Crippen LogP contribution in [0.2, 0.25) is 0 Å². The zero-order valence-corrected chi connectivity index (χ0v) is 7.55. The van der Waals surface area contributed by atoms with Crippen molar-refractivity contribution in [1.82, 2.24) is 0 Å². The van der Waals surface area contributed by atoms with Crippen molar-refractivity contribution in [2.75, 3.05) is 0 Å². The van der Waals surface area contributed by atoms with Gasteiger partial charge in [0.2, 0.25) is 0 Å². The molecule has 0 aliphatic carbocycles. The lowest BCUT2D eigenvalue weighted by molar-refractivity contribution is 0.393. The maximum atomic E-state index is 13.1. The predicted molar refractivity (Wildman–Crippen MR) is 48.3 cm³/mol. The van der Waals surface area contributed by atoms with Gasteiger partial charge in [0, 0.05) is 5.56 Å². The Kier molecular flexibility index (Phi) is 3.12. The highest BCUT2D eigenvalue weighted by Gasteiger charge is 2.10. The van der Waals surface area contributed by atoms with E-state index in [1.165, 1.54) is 6.07 Å². The molecule has 1 aromatic carbocycles. The Balaban J connectivity index is 2.96. The van der Waals surface area contributed by atoms with Gasteiger partial charge in [-0.3, -0.25) is 0 Å². The second-order valence-corrected chi connectivity index (χ2v) is 3.00. The molecule has 0 bridgehead atoms. The molecule has 3 heteroatoms. The van der Waals surface area contributed by atoms with Crippen molar-refractivity contribution in [2.45, 2.75) is 26.2 Å². The Morgan fingerprint density at radius 1 is 1.31 bits per heavy atom. The Morgan fingerprint density at radius 2 is 2.00 bits per heavy atom. The van der Waals surface area contributed by atoms with Crippen molar-refractivity contribution in [2.24, 2.45) is 0 Å². The molecule has 1 rings (SSSR count). The first-order chi connectivity index (χ1) is 6.16. The molecule has 0 aromatic heterocycles. The second-order valence-electron chi connectivity index (χ2n) is 3.00. The Bertz CT molecular complexity index is 297. The van der Waals surface area contributed by atoms with Crippen LogP contribution in [-0.4, -0.2) is 10.2 Å². The molecule has 0 aliphatic rings. The van der Waals surface area contributed by atoms with Gasteiger partial charge in [-0.05, 0) is 25.0 Å². The van der Waals surface area contributed by atoms with E-state index in [9.17, 15) is 9.50 Å². The molecule has 0 spiro atoms. The lowest BCUT2D eigenvalue weighted by Crippen LogP contribution is -1.91. The molecule has 0 fully saturated rings. The van der Waals surface area contributed by atoms with E-state index in [-0.39, 0.29) is 17.1 Å². The summed E-state index contributed by atoms with van der Waals surface area (Å²) < 4.78 is 13.1. The fraction of sp³-hybridized carbons (Fsp3) is 0.400. The molecule has 0 atom stereocenters. The summed E-state index contributed by atoms with van der Waals surface area (Å²) in [5, 5.41) is 18.4. The molecule has 0 saturated heterocycles. The van der Waals surface area contributed by atoms with Gasteiger partial charge in [-0.1, -0.05) is 13.3 Å². The molecule has 72 valence electrons. The Labute approximate surface area is 76.6 Å². The number of hydrogen-bond acceptors (Lipinski definition) is 2. The van der Waals surface area contributed by atoms with Crippen molar-refractivity contribution >= 4 is 0 Å². The van der Waals surface area contributed by atoms with Crippen molar-refractivity contribution in [3.63, 3.8) is 0 Å². The van der Waals surface area contributed by atoms with Crippen LogP contribution in [0.1, 0.15) is 25.3 Å². The van der Waals surface area contributed by atoms with Crippen LogP contribution in [-0.2, 0) is 6.42 Å². The minimum atomic E-state index is -0.455. The molecule has 0 radical (unpaired) electrons. The summed E-state index contributed by atoms with van der Waals surface area (Å²) in [6.45, 7) is 1.98. The average Bonchev–Trinajstić information content (AvgIpc) is 2.12. The monoisotopic (exact) mass is 184 g/mol. The Morgan fingerprint density at radius 3 is 2.62 bits per heavy atom. The molecule has 1 aromatic rings. The number of phenols is 2. The first-order valence-electron chi connectivity index (χ1n) is 4.36. The van der Waals surface area contributed by atoms with Crippen LogP contribution >= 0.6 is 0 Å². The van der Waals surface area contributed by atoms with E-state index >= 15 is 0 Å². The molecule has 2 nitrogen and oxygen atoms in total. The van der Waals surface area contributed by atoms with Crippen LogP contribution in [0.3, 0.4) is 0 Å². The summed E-state index contributed by atoms with van der Waals surface area (Å²) in [5.41, 5.74) is 0.210. The third-order valence-corrected chi connectivity index (χ3v) is 1.98. The van der Waals surface area contributed by atoms with E-state index in [2.05, 4.69) is 0 Å². The fourth-order valence-electron chi connectivity index (χ4n) is 1.19. The number of unbranched alkanes of at least 4 members (excludes halogenated alkanes) is 1. The van der Waals surface area contributed by atoms with Gasteiger partial charge in [-0.25, -0.2) is 4.39 Å². The molecule has 0 aliphatic heterocycles. The quantitative estimate of drug-likeness (QED) is 0.709. The summed E-state index contributed by atoms with van der Waals surface area (Å²) in [5.74, 6) is -1.04. The lowest BCUT2D eigenvalue weighted by Gasteiger charge is -2.06. The maximum Gasteiger partial charge on any atom is 0.163 e. The number of rotatable bonds is 3. The summed E-state index contributed by atoms with van der Waals surface area (Å²) in [4.78, 5) is 0. The summed E-state index contributed by atoms with van der Waals surface area (Å²) in [6.07, 6.45) is 2.19. The zero-order valence-electron chi connectivity index (χ0n) is 7.55. The van der Waals surface area contributed by atoms with Crippen LogP contribution in [0, 0.1) is 5.82 Å². The number of phenolic OH excluding ortho intramolecular Hbond substituents is 2. The first-order valence-corrected chi connectivity index (χ1v) is 4.36. The SMILES string of the molecule is CCCCc1c(F)ccc(O)c1O. The van der Waals surface area contributed by atoms with E-state index in [4.69, 9.17) is 5.11 Å². The van der Waals surface area contributed by atoms with Crippen molar-refractivity contribution in [3.8, 4) is 11.5 Å². The first kappa shape index (κ1) is 9.84. The summed E-state index contributed by atoms with van der Waals surface area (Å²) in [7, 11) is 0. The molecule has 2 N–H and O–H groups in total. The molecule has 0 heterocycles. The number of halogens is 1. The molecular weight excluding hydrogens is 171 g/mol. The van der Waals surface area contributed by atoms with Crippen molar-refractivity contribution < 1.29 is 14.6 Å². The summed E-state index contributed by atoms with van der Waals surface area (Å²) in [6, 6.07) is 2.32. The van der Waals surface area contributed by atoms with Gasteiger partial charge < -0.3 is 10.2 Å². The van der Waals surface area contributed by atoms with Gasteiger partial charge in [0.25, 0.3) is 0 Å². The largest absolute Gasteiger partial charge is 0.504 e. The molecule has 13 heavy (non-hydrogen) atoms. The highest BCUT2D eigenvalue weighted by atomic mass is 19.1. The minimum Gasteiger partial charge on any atom is -0.504 e. The number of benzene rings is 1.